The summed E-state index contributed by atoms with van der Waals surface area (Å²) in [5.74, 6) is -0.564. The lowest BCUT2D eigenvalue weighted by molar-refractivity contribution is -0.144. The fraction of sp³-hybridized carbons (Fsp3) is 0.462. The van der Waals surface area contributed by atoms with Gasteiger partial charge in [0, 0.05) is 12.0 Å². The highest BCUT2D eigenvalue weighted by Crippen LogP contribution is 2.47. The standard InChI is InChI=1S/C13H15NO2/c15-12(16)13-7-6-10(14-13)8-11(13)9-4-2-1-3-5-9/h1-5,10-11,14H,6-8H2,(H,15,16)/t10-,11+,13+/m0/s1. The molecule has 2 aliphatic rings. The third-order valence-electron chi connectivity index (χ3n) is 4.05. The molecule has 3 heteroatoms. The topological polar surface area (TPSA) is 49.3 Å². The molecule has 0 aliphatic carbocycles. The Morgan fingerprint density at radius 2 is 2.12 bits per heavy atom. The lowest BCUT2D eigenvalue weighted by Crippen LogP contribution is -2.48. The van der Waals surface area contributed by atoms with Gasteiger partial charge in [-0.1, -0.05) is 30.3 Å². The minimum absolute atomic E-state index is 0.130. The Morgan fingerprint density at radius 1 is 1.38 bits per heavy atom. The number of carboxylic acids is 1. The lowest BCUT2D eigenvalue weighted by atomic mass is 9.74. The Bertz CT molecular complexity index is 417. The molecule has 16 heavy (non-hydrogen) atoms. The number of fused-ring (bicyclic) bond motifs is 2. The van der Waals surface area contributed by atoms with Crippen LogP contribution in [0.5, 0.6) is 0 Å². The van der Waals surface area contributed by atoms with Crippen LogP contribution in [0, 0.1) is 0 Å². The van der Waals surface area contributed by atoms with Crippen LogP contribution in [0.1, 0.15) is 30.7 Å². The summed E-state index contributed by atoms with van der Waals surface area (Å²) in [6, 6.07) is 10.4. The third-order valence-corrected chi connectivity index (χ3v) is 4.05. The summed E-state index contributed by atoms with van der Waals surface area (Å²) in [5.41, 5.74) is 0.450. The molecule has 0 amide bonds. The van der Waals surface area contributed by atoms with Crippen LogP contribution in [-0.2, 0) is 4.79 Å². The van der Waals surface area contributed by atoms with E-state index in [-0.39, 0.29) is 5.92 Å². The minimum Gasteiger partial charge on any atom is -0.480 e. The van der Waals surface area contributed by atoms with Crippen molar-refractivity contribution in [3.05, 3.63) is 35.9 Å². The smallest absolute Gasteiger partial charge is 0.324 e. The van der Waals surface area contributed by atoms with E-state index in [1.165, 1.54) is 0 Å². The van der Waals surface area contributed by atoms with Crippen molar-refractivity contribution in [2.24, 2.45) is 0 Å². The number of hydrogen-bond acceptors (Lipinski definition) is 2. The van der Waals surface area contributed by atoms with Gasteiger partial charge in [0.05, 0.1) is 0 Å². The Labute approximate surface area is 94.5 Å². The monoisotopic (exact) mass is 217 g/mol. The number of rotatable bonds is 2. The van der Waals surface area contributed by atoms with Gasteiger partial charge in [0.1, 0.15) is 5.54 Å². The van der Waals surface area contributed by atoms with Crippen molar-refractivity contribution in [1.82, 2.24) is 5.32 Å². The largest absolute Gasteiger partial charge is 0.480 e. The molecule has 2 aliphatic heterocycles. The first-order chi connectivity index (χ1) is 7.72. The molecule has 84 valence electrons. The first-order valence-electron chi connectivity index (χ1n) is 5.78. The van der Waals surface area contributed by atoms with E-state index in [4.69, 9.17) is 0 Å². The molecular formula is C13H15NO2. The predicted molar refractivity (Wildman–Crippen MR) is 60.3 cm³/mol. The Hall–Kier alpha value is -1.35. The van der Waals surface area contributed by atoms with Crippen LogP contribution in [0.15, 0.2) is 30.3 Å². The van der Waals surface area contributed by atoms with Crippen molar-refractivity contribution in [3.63, 3.8) is 0 Å². The average molecular weight is 217 g/mol. The second-order valence-corrected chi connectivity index (χ2v) is 4.86. The zero-order valence-corrected chi connectivity index (χ0v) is 9.02. The normalized spacial score (nSPS) is 36.5. The number of carbonyl (C=O) groups is 1. The Kier molecular flexibility index (Phi) is 2.04. The van der Waals surface area contributed by atoms with Gasteiger partial charge in [-0.05, 0) is 24.8 Å². The summed E-state index contributed by atoms with van der Waals surface area (Å²) in [5, 5.41) is 12.7. The molecule has 1 aromatic rings. The van der Waals surface area contributed by atoms with E-state index in [1.807, 2.05) is 30.3 Å². The van der Waals surface area contributed by atoms with Crippen LogP contribution < -0.4 is 5.32 Å². The molecule has 3 atom stereocenters. The predicted octanol–water partition coefficient (Wildman–Crippen LogP) is 1.75. The Balaban J connectivity index is 2.00. The van der Waals surface area contributed by atoms with Crippen LogP contribution in [-0.4, -0.2) is 22.7 Å². The highest BCUT2D eigenvalue weighted by molar-refractivity contribution is 5.82. The maximum atomic E-state index is 11.5. The van der Waals surface area contributed by atoms with Crippen LogP contribution in [0.25, 0.3) is 0 Å². The molecular weight excluding hydrogens is 202 g/mol. The van der Waals surface area contributed by atoms with Crippen molar-refractivity contribution in [2.75, 3.05) is 0 Å². The summed E-state index contributed by atoms with van der Waals surface area (Å²) in [7, 11) is 0. The molecule has 2 heterocycles. The quantitative estimate of drug-likeness (QED) is 0.793. The molecule has 0 spiro atoms. The molecule has 0 saturated carbocycles. The fourth-order valence-corrected chi connectivity index (χ4v) is 3.27. The van der Waals surface area contributed by atoms with Crippen LogP contribution >= 0.6 is 0 Å². The maximum Gasteiger partial charge on any atom is 0.324 e. The van der Waals surface area contributed by atoms with Crippen molar-refractivity contribution in [3.8, 4) is 0 Å². The zero-order valence-electron chi connectivity index (χ0n) is 9.02. The average Bonchev–Trinajstić information content (AvgIpc) is 2.89. The van der Waals surface area contributed by atoms with Crippen molar-refractivity contribution < 1.29 is 9.90 Å². The van der Waals surface area contributed by atoms with Gasteiger partial charge in [-0.15, -0.1) is 0 Å². The molecule has 0 aromatic heterocycles. The molecule has 3 nitrogen and oxygen atoms in total. The van der Waals surface area contributed by atoms with E-state index in [0.717, 1.165) is 24.8 Å². The van der Waals surface area contributed by atoms with E-state index in [9.17, 15) is 9.90 Å². The van der Waals surface area contributed by atoms with Gasteiger partial charge in [-0.2, -0.15) is 0 Å². The summed E-state index contributed by atoms with van der Waals surface area (Å²) >= 11 is 0. The van der Waals surface area contributed by atoms with Crippen molar-refractivity contribution in [1.29, 1.82) is 0 Å². The summed E-state index contributed by atoms with van der Waals surface area (Å²) < 4.78 is 0. The van der Waals surface area contributed by atoms with E-state index in [1.54, 1.807) is 0 Å². The molecule has 2 fully saturated rings. The third kappa shape index (κ3) is 1.21. The minimum atomic E-state index is -0.702. The SMILES string of the molecule is O=C(O)[C@@]12CC[C@@H](C[C@@H]1c1ccccc1)N2. The van der Waals surface area contributed by atoms with Crippen LogP contribution in [0.4, 0.5) is 0 Å². The highest BCUT2D eigenvalue weighted by Gasteiger charge is 2.57. The van der Waals surface area contributed by atoms with Crippen LogP contribution in [0.3, 0.4) is 0 Å². The molecule has 0 radical (unpaired) electrons. The maximum absolute atomic E-state index is 11.5. The first kappa shape index (κ1) is 9.85. The molecule has 2 saturated heterocycles. The number of benzene rings is 1. The second kappa shape index (κ2) is 3.32. The first-order valence-corrected chi connectivity index (χ1v) is 5.78. The van der Waals surface area contributed by atoms with Gasteiger partial charge < -0.3 is 5.11 Å². The van der Waals surface area contributed by atoms with Gasteiger partial charge >= 0.3 is 5.97 Å². The number of aliphatic carboxylic acids is 1. The van der Waals surface area contributed by atoms with Gasteiger partial charge in [0.2, 0.25) is 0 Å². The molecule has 2 N–H and O–H groups in total. The van der Waals surface area contributed by atoms with E-state index in [2.05, 4.69) is 5.32 Å². The van der Waals surface area contributed by atoms with E-state index in [0.29, 0.717) is 6.04 Å². The van der Waals surface area contributed by atoms with Gasteiger partial charge in [0.15, 0.2) is 0 Å². The van der Waals surface area contributed by atoms with Gasteiger partial charge in [-0.3, -0.25) is 10.1 Å². The van der Waals surface area contributed by atoms with E-state index < -0.39 is 11.5 Å². The second-order valence-electron chi connectivity index (χ2n) is 4.86. The molecule has 0 unspecified atom stereocenters. The number of nitrogens with one attached hydrogen (secondary N) is 1. The number of hydrogen-bond donors (Lipinski definition) is 2. The van der Waals surface area contributed by atoms with Crippen molar-refractivity contribution in [2.45, 2.75) is 36.8 Å². The summed E-state index contributed by atoms with van der Waals surface area (Å²) in [6.07, 6.45) is 2.71. The lowest BCUT2D eigenvalue weighted by Gasteiger charge is -2.30. The van der Waals surface area contributed by atoms with Gasteiger partial charge in [0.25, 0.3) is 0 Å². The summed E-state index contributed by atoms with van der Waals surface area (Å²) in [4.78, 5) is 11.5. The molecule has 1 aromatic carbocycles. The number of carboxylic acid groups (broad SMARTS) is 1. The summed E-state index contributed by atoms with van der Waals surface area (Å²) in [6.45, 7) is 0. The highest BCUT2D eigenvalue weighted by atomic mass is 16.4. The van der Waals surface area contributed by atoms with Gasteiger partial charge in [-0.25, -0.2) is 0 Å². The fourth-order valence-electron chi connectivity index (χ4n) is 3.27. The van der Waals surface area contributed by atoms with E-state index >= 15 is 0 Å². The molecule has 2 bridgehead atoms. The van der Waals surface area contributed by atoms with Crippen LogP contribution in [0.2, 0.25) is 0 Å². The molecule has 3 rings (SSSR count). The Morgan fingerprint density at radius 3 is 2.75 bits per heavy atom. The zero-order chi connectivity index (χ0) is 11.2. The van der Waals surface area contributed by atoms with Crippen molar-refractivity contribution >= 4 is 5.97 Å².